The molecule has 2 rings (SSSR count). The molecule has 1 atom stereocenters. The predicted octanol–water partition coefficient (Wildman–Crippen LogP) is 4.51. The SMILES string of the molecule is CS(=O)c1ccc(NCCCC2CCN(C(=O)OC(C)(C)C)CC2)cc1.[HH]. The van der Waals surface area contributed by atoms with Gasteiger partial charge in [-0.1, -0.05) is 0 Å². The maximum atomic E-state index is 12.1. The molecule has 1 amide bonds. The topological polar surface area (TPSA) is 58.6 Å². The van der Waals surface area contributed by atoms with Gasteiger partial charge in [-0.2, -0.15) is 0 Å². The smallest absolute Gasteiger partial charge is 0.410 e. The van der Waals surface area contributed by atoms with E-state index in [-0.39, 0.29) is 7.52 Å². The number of hydrogen-bond donors (Lipinski definition) is 1. The zero-order valence-electron chi connectivity index (χ0n) is 16.4. The Morgan fingerprint density at radius 3 is 2.42 bits per heavy atom. The third-order valence-electron chi connectivity index (χ3n) is 4.57. The number of benzene rings is 1. The summed E-state index contributed by atoms with van der Waals surface area (Å²) in [6.45, 7) is 8.23. The van der Waals surface area contributed by atoms with Crippen LogP contribution in [-0.4, -0.2) is 46.7 Å². The van der Waals surface area contributed by atoms with Gasteiger partial charge in [0, 0.05) is 48.7 Å². The van der Waals surface area contributed by atoms with Gasteiger partial charge < -0.3 is 15.0 Å². The van der Waals surface area contributed by atoms with Crippen molar-refractivity contribution in [2.75, 3.05) is 31.2 Å². The first-order valence-electron chi connectivity index (χ1n) is 9.40. The van der Waals surface area contributed by atoms with Crippen LogP contribution in [0.1, 0.15) is 47.9 Å². The van der Waals surface area contributed by atoms with Crippen LogP contribution in [0.2, 0.25) is 0 Å². The summed E-state index contributed by atoms with van der Waals surface area (Å²) in [5.74, 6) is 0.681. The van der Waals surface area contributed by atoms with Gasteiger partial charge in [0.05, 0.1) is 0 Å². The van der Waals surface area contributed by atoms with Crippen molar-refractivity contribution in [1.82, 2.24) is 4.90 Å². The molecule has 1 aliphatic heterocycles. The number of ether oxygens (including phenoxy) is 1. The van der Waals surface area contributed by atoms with Crippen molar-refractivity contribution >= 4 is 22.6 Å². The number of anilines is 1. The molecule has 0 aromatic heterocycles. The predicted molar refractivity (Wildman–Crippen MR) is 109 cm³/mol. The van der Waals surface area contributed by atoms with Crippen molar-refractivity contribution in [3.05, 3.63) is 24.3 Å². The highest BCUT2D eigenvalue weighted by atomic mass is 32.2. The van der Waals surface area contributed by atoms with E-state index in [1.807, 2.05) is 49.9 Å². The molecule has 148 valence electrons. The average molecular weight is 383 g/mol. The fourth-order valence-corrected chi connectivity index (χ4v) is 3.64. The summed E-state index contributed by atoms with van der Waals surface area (Å²) in [4.78, 5) is 14.8. The Bertz CT molecular complexity index is 609. The highest BCUT2D eigenvalue weighted by Gasteiger charge is 2.26. The van der Waals surface area contributed by atoms with Crippen LogP contribution in [0, 0.1) is 5.92 Å². The van der Waals surface area contributed by atoms with Gasteiger partial charge in [-0.05, 0) is 76.6 Å². The zero-order chi connectivity index (χ0) is 19.2. The number of likely N-dealkylation sites (tertiary alicyclic amines) is 1. The molecule has 1 aromatic carbocycles. The maximum absolute atomic E-state index is 12.1. The molecule has 26 heavy (non-hydrogen) atoms. The molecule has 0 radical (unpaired) electrons. The largest absolute Gasteiger partial charge is 0.444 e. The molecular weight excluding hydrogens is 348 g/mol. The van der Waals surface area contributed by atoms with Gasteiger partial charge in [-0.25, -0.2) is 4.79 Å². The van der Waals surface area contributed by atoms with E-state index in [9.17, 15) is 9.00 Å². The Labute approximate surface area is 161 Å². The van der Waals surface area contributed by atoms with E-state index >= 15 is 0 Å². The molecule has 1 fully saturated rings. The summed E-state index contributed by atoms with van der Waals surface area (Å²) >= 11 is 0. The normalized spacial score (nSPS) is 17.0. The van der Waals surface area contributed by atoms with Gasteiger partial charge in [-0.3, -0.25) is 4.21 Å². The number of carbonyl (C=O) groups excluding carboxylic acids is 1. The van der Waals surface area contributed by atoms with Crippen LogP contribution in [-0.2, 0) is 15.5 Å². The Kier molecular flexibility index (Phi) is 7.50. The number of nitrogens with one attached hydrogen (secondary N) is 1. The molecule has 1 heterocycles. The number of hydrogen-bond acceptors (Lipinski definition) is 4. The third kappa shape index (κ3) is 6.98. The summed E-state index contributed by atoms with van der Waals surface area (Å²) in [6, 6.07) is 7.78. The lowest BCUT2D eigenvalue weighted by molar-refractivity contribution is 0.0181. The monoisotopic (exact) mass is 382 g/mol. The lowest BCUT2D eigenvalue weighted by Gasteiger charge is -2.33. The summed E-state index contributed by atoms with van der Waals surface area (Å²) < 4.78 is 16.8. The summed E-state index contributed by atoms with van der Waals surface area (Å²) in [5, 5.41) is 3.42. The number of nitrogens with zero attached hydrogens (tertiary/aromatic N) is 1. The molecular formula is C20H34N2O3S. The summed E-state index contributed by atoms with van der Waals surface area (Å²) in [5.41, 5.74) is 0.642. The first kappa shape index (κ1) is 20.7. The highest BCUT2D eigenvalue weighted by molar-refractivity contribution is 7.84. The van der Waals surface area contributed by atoms with Crippen LogP contribution >= 0.6 is 0 Å². The van der Waals surface area contributed by atoms with E-state index in [0.29, 0.717) is 5.92 Å². The quantitative estimate of drug-likeness (QED) is 0.736. The van der Waals surface area contributed by atoms with Crippen LogP contribution in [0.25, 0.3) is 0 Å². The fourth-order valence-electron chi connectivity index (χ4n) is 3.12. The Balaban J connectivity index is 0.00000364. The van der Waals surface area contributed by atoms with E-state index in [2.05, 4.69) is 5.32 Å². The van der Waals surface area contributed by atoms with E-state index in [4.69, 9.17) is 4.74 Å². The third-order valence-corrected chi connectivity index (χ3v) is 5.51. The Morgan fingerprint density at radius 1 is 1.27 bits per heavy atom. The van der Waals surface area contributed by atoms with Gasteiger partial charge >= 0.3 is 6.09 Å². The van der Waals surface area contributed by atoms with Gasteiger partial charge in [-0.15, -0.1) is 0 Å². The summed E-state index contributed by atoms with van der Waals surface area (Å²) in [7, 11) is -0.925. The van der Waals surface area contributed by atoms with Crippen LogP contribution in [0.4, 0.5) is 10.5 Å². The first-order valence-corrected chi connectivity index (χ1v) is 11.0. The molecule has 0 spiro atoms. The van der Waals surface area contributed by atoms with Gasteiger partial charge in [0.1, 0.15) is 5.60 Å². The van der Waals surface area contributed by atoms with Crippen LogP contribution < -0.4 is 5.32 Å². The van der Waals surface area contributed by atoms with Gasteiger partial charge in [0.15, 0.2) is 0 Å². The Hall–Kier alpha value is -1.56. The van der Waals surface area contributed by atoms with Crippen LogP contribution in [0.5, 0.6) is 0 Å². The Morgan fingerprint density at radius 2 is 1.88 bits per heavy atom. The van der Waals surface area contributed by atoms with Gasteiger partial charge in [0.25, 0.3) is 0 Å². The standard InChI is InChI=1S/C20H32N2O3S.H2/c1-20(2,3)25-19(23)22-14-11-16(12-15-22)6-5-13-21-17-7-9-18(10-8-17)26(4)24;/h7-10,16,21H,5-6,11-15H2,1-4H3;1H. The minimum Gasteiger partial charge on any atom is -0.444 e. The van der Waals surface area contributed by atoms with Gasteiger partial charge in [0.2, 0.25) is 0 Å². The second-order valence-electron chi connectivity index (χ2n) is 7.96. The second kappa shape index (κ2) is 9.40. The molecule has 0 aliphatic carbocycles. The van der Waals surface area contributed by atoms with E-state index in [1.54, 1.807) is 6.26 Å². The van der Waals surface area contributed by atoms with Crippen LogP contribution in [0.15, 0.2) is 29.2 Å². The van der Waals surface area contributed by atoms with Crippen molar-refractivity contribution in [3.63, 3.8) is 0 Å². The van der Waals surface area contributed by atoms with Crippen molar-refractivity contribution in [2.45, 2.75) is 57.0 Å². The second-order valence-corrected chi connectivity index (χ2v) is 9.34. The molecule has 1 N–H and O–H groups in total. The fraction of sp³-hybridized carbons (Fsp3) is 0.650. The lowest BCUT2D eigenvalue weighted by Crippen LogP contribution is -2.41. The molecule has 1 aliphatic rings. The number of piperidine rings is 1. The molecule has 1 aromatic rings. The van der Waals surface area contributed by atoms with E-state index in [0.717, 1.165) is 49.5 Å². The minimum absolute atomic E-state index is 0. The lowest BCUT2D eigenvalue weighted by atomic mass is 9.92. The molecule has 0 bridgehead atoms. The zero-order valence-corrected chi connectivity index (χ0v) is 17.2. The minimum atomic E-state index is -0.925. The summed E-state index contributed by atoms with van der Waals surface area (Å²) in [6.07, 6.45) is 5.89. The van der Waals surface area contributed by atoms with Crippen molar-refractivity contribution in [2.24, 2.45) is 5.92 Å². The van der Waals surface area contributed by atoms with Crippen molar-refractivity contribution in [1.29, 1.82) is 0 Å². The number of amides is 1. The molecule has 1 saturated heterocycles. The maximum Gasteiger partial charge on any atom is 0.410 e. The van der Waals surface area contributed by atoms with E-state index < -0.39 is 16.4 Å². The van der Waals surface area contributed by atoms with Crippen molar-refractivity contribution in [3.8, 4) is 0 Å². The molecule has 5 nitrogen and oxygen atoms in total. The van der Waals surface area contributed by atoms with Crippen molar-refractivity contribution < 1.29 is 15.2 Å². The molecule has 1 unspecified atom stereocenters. The van der Waals surface area contributed by atoms with Crippen LogP contribution in [0.3, 0.4) is 0 Å². The molecule has 0 saturated carbocycles. The average Bonchev–Trinajstić information content (AvgIpc) is 2.58. The number of rotatable bonds is 6. The first-order chi connectivity index (χ1) is 12.2. The molecule has 6 heteroatoms. The van der Waals surface area contributed by atoms with E-state index in [1.165, 1.54) is 6.42 Å². The highest BCUT2D eigenvalue weighted by Crippen LogP contribution is 2.23. The number of carbonyl (C=O) groups is 1.